The van der Waals surface area contributed by atoms with E-state index in [1.54, 1.807) is 11.3 Å². The highest BCUT2D eigenvalue weighted by Gasteiger charge is 2.05. The minimum atomic E-state index is 0.768. The highest BCUT2D eigenvalue weighted by Crippen LogP contribution is 2.13. The van der Waals surface area contributed by atoms with Crippen molar-refractivity contribution in [3.8, 4) is 0 Å². The van der Waals surface area contributed by atoms with E-state index in [0.717, 1.165) is 10.8 Å². The standard InChI is InChI=1S/C15H28N2S2/c1-3-4-5-6-7-8-9-10-11-12-13-14-17(2)16-15(18)19-14/h3-13H2,1-2H3. The van der Waals surface area contributed by atoms with Gasteiger partial charge in [0.05, 0.1) is 0 Å². The molecule has 1 aromatic rings. The molecule has 2 nitrogen and oxygen atoms in total. The zero-order valence-electron chi connectivity index (χ0n) is 12.5. The summed E-state index contributed by atoms with van der Waals surface area (Å²) in [6.07, 6.45) is 15.1. The van der Waals surface area contributed by atoms with Crippen LogP contribution >= 0.6 is 11.3 Å². The Morgan fingerprint density at radius 3 is 1.95 bits per heavy atom. The molecule has 0 fully saturated rings. The second-order valence-corrected chi connectivity index (χ2v) is 7.02. The number of nitrogens with zero attached hydrogens (tertiary/aromatic N) is 2. The molecule has 0 N–H and O–H groups in total. The van der Waals surface area contributed by atoms with E-state index in [1.807, 2.05) is 11.7 Å². The minimum absolute atomic E-state index is 0.768. The van der Waals surface area contributed by atoms with Crippen LogP contribution in [0.15, 0.2) is 4.34 Å². The average Bonchev–Trinajstić information content (AvgIpc) is 2.70. The first-order chi connectivity index (χ1) is 9.24. The summed E-state index contributed by atoms with van der Waals surface area (Å²) in [6.45, 7) is 2.28. The van der Waals surface area contributed by atoms with Gasteiger partial charge >= 0.3 is 0 Å². The molecule has 1 heterocycles. The minimum Gasteiger partial charge on any atom is -0.402 e. The zero-order chi connectivity index (χ0) is 13.9. The molecule has 0 aliphatic rings. The molecule has 0 radical (unpaired) electrons. The Bertz CT molecular complexity index is 337. The molecule has 0 amide bonds. The fraction of sp³-hybridized carbons (Fsp3) is 0.867. The van der Waals surface area contributed by atoms with Gasteiger partial charge in [-0.2, -0.15) is 0 Å². The lowest BCUT2D eigenvalue weighted by molar-refractivity contribution is -0.734. The molecule has 0 unspecified atom stereocenters. The smallest absolute Gasteiger partial charge is 0.173 e. The van der Waals surface area contributed by atoms with Crippen molar-refractivity contribution in [3.63, 3.8) is 0 Å². The van der Waals surface area contributed by atoms with E-state index < -0.39 is 0 Å². The third-order valence-electron chi connectivity index (χ3n) is 3.54. The fourth-order valence-electron chi connectivity index (χ4n) is 2.34. The summed E-state index contributed by atoms with van der Waals surface area (Å²) in [7, 11) is 2.00. The maximum absolute atomic E-state index is 5.09. The first kappa shape index (κ1) is 16.8. The van der Waals surface area contributed by atoms with Crippen molar-refractivity contribution in [3.05, 3.63) is 5.01 Å². The van der Waals surface area contributed by atoms with Crippen LogP contribution in [-0.2, 0) is 26.1 Å². The van der Waals surface area contributed by atoms with E-state index >= 15 is 0 Å². The molecule has 0 bridgehead atoms. The van der Waals surface area contributed by atoms with Gasteiger partial charge in [0.25, 0.3) is 0 Å². The zero-order valence-corrected chi connectivity index (χ0v) is 14.1. The van der Waals surface area contributed by atoms with Crippen molar-refractivity contribution < 1.29 is 4.68 Å². The van der Waals surface area contributed by atoms with Gasteiger partial charge in [-0.3, -0.25) is 11.3 Å². The van der Waals surface area contributed by atoms with Crippen LogP contribution in [0, 0.1) is 0 Å². The molecule has 0 saturated heterocycles. The first-order valence-electron chi connectivity index (χ1n) is 7.77. The monoisotopic (exact) mass is 300 g/mol. The predicted octanol–water partition coefficient (Wildman–Crippen LogP) is 4.34. The quantitative estimate of drug-likeness (QED) is 0.343. The van der Waals surface area contributed by atoms with Gasteiger partial charge in [-0.1, -0.05) is 64.7 Å². The molecule has 0 aliphatic heterocycles. The highest BCUT2D eigenvalue weighted by molar-refractivity contribution is 7.62. The van der Waals surface area contributed by atoms with E-state index in [9.17, 15) is 0 Å². The van der Waals surface area contributed by atoms with Crippen LogP contribution < -0.4 is 4.68 Å². The molecule has 0 atom stereocenters. The van der Waals surface area contributed by atoms with Gasteiger partial charge < -0.3 is 12.6 Å². The third-order valence-corrected chi connectivity index (χ3v) is 4.83. The third kappa shape index (κ3) is 7.83. The molecular formula is C15H28N2S2. The maximum atomic E-state index is 5.09. The summed E-state index contributed by atoms with van der Waals surface area (Å²) in [6, 6.07) is 0. The van der Waals surface area contributed by atoms with Gasteiger partial charge in [0.2, 0.25) is 0 Å². The van der Waals surface area contributed by atoms with Crippen molar-refractivity contribution >= 4 is 24.0 Å². The molecule has 0 aromatic carbocycles. The van der Waals surface area contributed by atoms with E-state index in [0.29, 0.717) is 0 Å². The first-order valence-corrected chi connectivity index (χ1v) is 8.99. The summed E-state index contributed by atoms with van der Waals surface area (Å²) in [5, 5.41) is 5.55. The SMILES string of the molecule is CCCCCCCCCCCCc1sc([S-])n[n+]1C. The summed E-state index contributed by atoms with van der Waals surface area (Å²) in [5.74, 6) is 0. The topological polar surface area (TPSA) is 16.8 Å². The number of hydrogen-bond donors (Lipinski definition) is 0. The number of unbranched alkanes of at least 4 members (excludes halogenated alkanes) is 9. The Morgan fingerprint density at radius 1 is 0.947 bits per heavy atom. The Labute approximate surface area is 128 Å². The van der Waals surface area contributed by atoms with Crippen molar-refractivity contribution in [1.82, 2.24) is 5.10 Å². The Morgan fingerprint density at radius 2 is 1.47 bits per heavy atom. The summed E-state index contributed by atoms with van der Waals surface area (Å²) < 4.78 is 2.71. The molecule has 19 heavy (non-hydrogen) atoms. The van der Waals surface area contributed by atoms with E-state index in [-0.39, 0.29) is 0 Å². The Balaban J connectivity index is 1.90. The van der Waals surface area contributed by atoms with Crippen molar-refractivity contribution in [1.29, 1.82) is 0 Å². The van der Waals surface area contributed by atoms with Crippen molar-refractivity contribution in [2.45, 2.75) is 81.9 Å². The van der Waals surface area contributed by atoms with Gasteiger partial charge in [-0.25, -0.2) is 0 Å². The number of aryl methyl sites for hydroxylation is 2. The van der Waals surface area contributed by atoms with Gasteiger partial charge in [0.1, 0.15) is 0 Å². The largest absolute Gasteiger partial charge is 0.402 e. The van der Waals surface area contributed by atoms with E-state index in [1.165, 1.54) is 69.2 Å². The summed E-state index contributed by atoms with van der Waals surface area (Å²) in [4.78, 5) is 0. The lowest BCUT2D eigenvalue weighted by atomic mass is 10.1. The lowest BCUT2D eigenvalue weighted by Gasteiger charge is -2.01. The molecule has 0 spiro atoms. The molecule has 110 valence electrons. The summed E-state index contributed by atoms with van der Waals surface area (Å²) >= 11 is 6.75. The lowest BCUT2D eigenvalue weighted by Crippen LogP contribution is -2.33. The Kier molecular flexibility index (Phi) is 9.35. The van der Waals surface area contributed by atoms with E-state index in [4.69, 9.17) is 12.6 Å². The van der Waals surface area contributed by atoms with Gasteiger partial charge in [0.15, 0.2) is 12.1 Å². The second kappa shape index (κ2) is 10.6. The second-order valence-electron chi connectivity index (χ2n) is 5.32. The van der Waals surface area contributed by atoms with Crippen LogP contribution in [0.4, 0.5) is 0 Å². The molecule has 1 rings (SSSR count). The predicted molar refractivity (Wildman–Crippen MR) is 84.5 cm³/mol. The van der Waals surface area contributed by atoms with Gasteiger partial charge in [-0.15, -0.1) is 4.68 Å². The van der Waals surface area contributed by atoms with Crippen LogP contribution in [0.25, 0.3) is 0 Å². The fourth-order valence-corrected chi connectivity index (χ4v) is 3.54. The number of aromatic nitrogens is 2. The van der Waals surface area contributed by atoms with Gasteiger partial charge in [-0.05, 0) is 11.5 Å². The maximum Gasteiger partial charge on any atom is 0.173 e. The molecule has 1 aromatic heterocycles. The molecular weight excluding hydrogens is 272 g/mol. The van der Waals surface area contributed by atoms with Crippen molar-refractivity contribution in [2.24, 2.45) is 7.05 Å². The highest BCUT2D eigenvalue weighted by atomic mass is 32.2. The number of rotatable bonds is 11. The molecule has 0 aliphatic carbocycles. The van der Waals surface area contributed by atoms with Gasteiger partial charge in [0, 0.05) is 10.8 Å². The molecule has 4 heteroatoms. The van der Waals surface area contributed by atoms with Crippen molar-refractivity contribution in [2.75, 3.05) is 0 Å². The van der Waals surface area contributed by atoms with Crippen LogP contribution in [0.1, 0.15) is 76.1 Å². The van der Waals surface area contributed by atoms with Crippen LogP contribution in [0.3, 0.4) is 0 Å². The normalized spacial score (nSPS) is 11.1. The Hall–Kier alpha value is -0.220. The van der Waals surface area contributed by atoms with Crippen LogP contribution in [0.2, 0.25) is 0 Å². The number of hydrogen-bond acceptors (Lipinski definition) is 3. The average molecular weight is 301 g/mol. The summed E-state index contributed by atoms with van der Waals surface area (Å²) in [5.41, 5.74) is 0. The molecule has 0 saturated carbocycles. The van der Waals surface area contributed by atoms with E-state index in [2.05, 4.69) is 12.0 Å². The van der Waals surface area contributed by atoms with Crippen LogP contribution in [-0.4, -0.2) is 5.10 Å². The van der Waals surface area contributed by atoms with Crippen LogP contribution in [0.5, 0.6) is 0 Å².